The maximum absolute atomic E-state index is 13.9. The second-order valence-corrected chi connectivity index (χ2v) is 12.8. The van der Waals surface area contributed by atoms with E-state index in [0.717, 1.165) is 28.7 Å². The quantitative estimate of drug-likeness (QED) is 0.317. The first-order chi connectivity index (χ1) is 19.4. The fourth-order valence-corrected chi connectivity index (χ4v) is 5.45. The minimum Gasteiger partial charge on any atom is -0.350 e. The van der Waals surface area contributed by atoms with Gasteiger partial charge < -0.3 is 10.2 Å². The highest BCUT2D eigenvalue weighted by Crippen LogP contribution is 2.33. The van der Waals surface area contributed by atoms with E-state index in [1.165, 1.54) is 55.5 Å². The monoisotopic (exact) mass is 607 g/mol. The molecule has 42 heavy (non-hydrogen) atoms. The van der Waals surface area contributed by atoms with Gasteiger partial charge in [-0.15, -0.1) is 0 Å². The SMILES string of the molecule is Cc1ccc(S(=O)(=O)N(CC(=O)N(Cc2ccc(F)cc2)C(C)C(=O)NC(C)(C)C)c2cccc(C(F)(F)F)c2)cc1. The molecular formula is C30H33F4N3O4S. The van der Waals surface area contributed by atoms with Crippen LogP contribution in [0, 0.1) is 12.7 Å². The summed E-state index contributed by atoms with van der Waals surface area (Å²) in [6.07, 6.45) is -4.77. The summed E-state index contributed by atoms with van der Waals surface area (Å²) >= 11 is 0. The molecule has 3 aromatic rings. The molecule has 1 unspecified atom stereocenters. The number of aryl methyl sites for hydroxylation is 1. The van der Waals surface area contributed by atoms with Crippen molar-refractivity contribution in [2.24, 2.45) is 0 Å². The van der Waals surface area contributed by atoms with Gasteiger partial charge in [0.15, 0.2) is 0 Å². The van der Waals surface area contributed by atoms with Crippen molar-refractivity contribution in [3.8, 4) is 0 Å². The van der Waals surface area contributed by atoms with Crippen molar-refractivity contribution in [1.29, 1.82) is 0 Å². The maximum atomic E-state index is 13.9. The van der Waals surface area contributed by atoms with E-state index in [9.17, 15) is 35.6 Å². The number of nitrogens with one attached hydrogen (secondary N) is 1. The summed E-state index contributed by atoms with van der Waals surface area (Å²) in [6.45, 7) is 7.31. The summed E-state index contributed by atoms with van der Waals surface area (Å²) in [5.41, 5.74) is -0.939. The first-order valence-electron chi connectivity index (χ1n) is 13.0. The number of rotatable bonds is 9. The molecule has 1 N–H and O–H groups in total. The molecule has 0 heterocycles. The van der Waals surface area contributed by atoms with Gasteiger partial charge in [0.05, 0.1) is 16.1 Å². The van der Waals surface area contributed by atoms with Crippen LogP contribution in [0.25, 0.3) is 0 Å². The first kappa shape index (κ1) is 32.6. The van der Waals surface area contributed by atoms with Crippen LogP contribution in [0.5, 0.6) is 0 Å². The van der Waals surface area contributed by atoms with Gasteiger partial charge in [0.25, 0.3) is 10.0 Å². The molecule has 0 radical (unpaired) electrons. The van der Waals surface area contributed by atoms with E-state index >= 15 is 0 Å². The van der Waals surface area contributed by atoms with Gasteiger partial charge in [0, 0.05) is 12.1 Å². The second kappa shape index (κ2) is 12.5. The lowest BCUT2D eigenvalue weighted by atomic mass is 10.1. The number of hydrogen-bond acceptors (Lipinski definition) is 4. The van der Waals surface area contributed by atoms with Crippen LogP contribution in [-0.2, 0) is 32.3 Å². The van der Waals surface area contributed by atoms with Gasteiger partial charge in [-0.2, -0.15) is 13.2 Å². The molecule has 0 bridgehead atoms. The summed E-state index contributed by atoms with van der Waals surface area (Å²) in [6, 6.07) is 13.4. The molecule has 0 spiro atoms. The molecule has 0 aliphatic heterocycles. The zero-order chi connectivity index (χ0) is 31.5. The smallest absolute Gasteiger partial charge is 0.350 e. The molecule has 0 aliphatic rings. The average Bonchev–Trinajstić information content (AvgIpc) is 2.89. The van der Waals surface area contributed by atoms with Crippen LogP contribution in [0.2, 0.25) is 0 Å². The van der Waals surface area contributed by atoms with E-state index in [4.69, 9.17) is 0 Å². The number of halogens is 4. The van der Waals surface area contributed by atoms with Crippen LogP contribution < -0.4 is 9.62 Å². The minimum atomic E-state index is -4.77. The molecule has 3 aromatic carbocycles. The molecule has 0 saturated carbocycles. The van der Waals surface area contributed by atoms with Gasteiger partial charge in [-0.1, -0.05) is 35.9 Å². The third-order valence-electron chi connectivity index (χ3n) is 6.28. The Balaban J connectivity index is 2.10. The number of alkyl halides is 3. The largest absolute Gasteiger partial charge is 0.416 e. The number of benzene rings is 3. The highest BCUT2D eigenvalue weighted by atomic mass is 32.2. The Hall–Kier alpha value is -3.93. The average molecular weight is 608 g/mol. The lowest BCUT2D eigenvalue weighted by molar-refractivity contribution is -0.140. The predicted octanol–water partition coefficient (Wildman–Crippen LogP) is 5.68. The third-order valence-corrected chi connectivity index (χ3v) is 8.07. The number of anilines is 1. The third kappa shape index (κ3) is 8.31. The molecule has 7 nitrogen and oxygen atoms in total. The Kier molecular flexibility index (Phi) is 9.71. The van der Waals surface area contributed by atoms with Gasteiger partial charge in [0.1, 0.15) is 18.4 Å². The number of hydrogen-bond donors (Lipinski definition) is 1. The standard InChI is InChI=1S/C30H33F4N3O4S/c1-20-9-15-26(16-10-20)42(40,41)37(25-8-6-7-23(17-25)30(32,33)34)19-27(38)36(18-22-11-13-24(31)14-12-22)21(2)28(39)35-29(3,4)5/h6-17,21H,18-19H2,1-5H3,(H,35,39). The van der Waals surface area contributed by atoms with E-state index in [0.29, 0.717) is 15.9 Å². The zero-order valence-corrected chi connectivity index (χ0v) is 24.7. The van der Waals surface area contributed by atoms with Crippen molar-refractivity contribution in [2.45, 2.75) is 63.8 Å². The molecule has 1 atom stereocenters. The van der Waals surface area contributed by atoms with Crippen molar-refractivity contribution < 1.29 is 35.6 Å². The van der Waals surface area contributed by atoms with Crippen LogP contribution in [0.3, 0.4) is 0 Å². The number of carbonyl (C=O) groups is 2. The fraction of sp³-hybridized carbons (Fsp3) is 0.333. The summed E-state index contributed by atoms with van der Waals surface area (Å²) in [7, 11) is -4.55. The van der Waals surface area contributed by atoms with Crippen LogP contribution in [-0.4, -0.2) is 43.3 Å². The topological polar surface area (TPSA) is 86.8 Å². The Morgan fingerprint density at radius 3 is 2.07 bits per heavy atom. The predicted molar refractivity (Wildman–Crippen MR) is 151 cm³/mol. The molecule has 2 amide bonds. The van der Waals surface area contributed by atoms with Crippen LogP contribution in [0.15, 0.2) is 77.7 Å². The van der Waals surface area contributed by atoms with Gasteiger partial charge in [-0.25, -0.2) is 12.8 Å². The summed E-state index contributed by atoms with van der Waals surface area (Å²) in [4.78, 5) is 27.8. The minimum absolute atomic E-state index is 0.196. The molecule has 0 aliphatic carbocycles. The zero-order valence-electron chi connectivity index (χ0n) is 23.9. The molecule has 3 rings (SSSR count). The molecule has 0 fully saturated rings. The molecule has 226 valence electrons. The van der Waals surface area contributed by atoms with E-state index in [-0.39, 0.29) is 17.1 Å². The normalized spacial score (nSPS) is 12.9. The van der Waals surface area contributed by atoms with Crippen LogP contribution >= 0.6 is 0 Å². The Labute approximate surface area is 243 Å². The maximum Gasteiger partial charge on any atom is 0.416 e. The Morgan fingerprint density at radius 1 is 0.929 bits per heavy atom. The van der Waals surface area contributed by atoms with Crippen LogP contribution in [0.1, 0.15) is 44.4 Å². The molecule has 0 aromatic heterocycles. The van der Waals surface area contributed by atoms with Gasteiger partial charge in [0.2, 0.25) is 11.8 Å². The van der Waals surface area contributed by atoms with E-state index in [2.05, 4.69) is 5.32 Å². The van der Waals surface area contributed by atoms with Crippen molar-refractivity contribution >= 4 is 27.5 Å². The van der Waals surface area contributed by atoms with Crippen LogP contribution in [0.4, 0.5) is 23.2 Å². The summed E-state index contributed by atoms with van der Waals surface area (Å²) in [5, 5.41) is 2.77. The number of carbonyl (C=O) groups excluding carboxylic acids is 2. The van der Waals surface area contributed by atoms with Crippen molar-refractivity contribution in [1.82, 2.24) is 10.2 Å². The van der Waals surface area contributed by atoms with Crippen molar-refractivity contribution in [2.75, 3.05) is 10.8 Å². The van der Waals surface area contributed by atoms with E-state index in [1.807, 2.05) is 0 Å². The van der Waals surface area contributed by atoms with Crippen molar-refractivity contribution in [3.63, 3.8) is 0 Å². The fourth-order valence-electron chi connectivity index (χ4n) is 4.05. The molecule has 12 heteroatoms. The first-order valence-corrected chi connectivity index (χ1v) is 14.4. The summed E-state index contributed by atoms with van der Waals surface area (Å²) in [5.74, 6) is -1.91. The lowest BCUT2D eigenvalue weighted by Gasteiger charge is -2.33. The number of amides is 2. The highest BCUT2D eigenvalue weighted by Gasteiger charge is 2.35. The van der Waals surface area contributed by atoms with Gasteiger partial charge >= 0.3 is 6.18 Å². The van der Waals surface area contributed by atoms with E-state index < -0.39 is 57.5 Å². The molecular weight excluding hydrogens is 574 g/mol. The number of sulfonamides is 1. The van der Waals surface area contributed by atoms with Gasteiger partial charge in [-0.05, 0) is 82.6 Å². The van der Waals surface area contributed by atoms with Crippen molar-refractivity contribution in [3.05, 3.63) is 95.3 Å². The lowest BCUT2D eigenvalue weighted by Crippen LogP contribution is -2.54. The summed E-state index contributed by atoms with van der Waals surface area (Å²) < 4.78 is 82.5. The number of nitrogens with zero attached hydrogens (tertiary/aromatic N) is 2. The van der Waals surface area contributed by atoms with Gasteiger partial charge in [-0.3, -0.25) is 13.9 Å². The Bertz CT molecular complexity index is 1520. The highest BCUT2D eigenvalue weighted by molar-refractivity contribution is 7.92. The second-order valence-electron chi connectivity index (χ2n) is 10.9. The Morgan fingerprint density at radius 2 is 1.52 bits per heavy atom. The van der Waals surface area contributed by atoms with E-state index in [1.54, 1.807) is 27.7 Å². The molecule has 0 saturated heterocycles.